The van der Waals surface area contributed by atoms with Crippen molar-refractivity contribution in [3.63, 3.8) is 0 Å². The molecule has 0 amide bonds. The molecule has 0 saturated heterocycles. The van der Waals surface area contributed by atoms with Crippen LogP contribution < -0.4 is 0 Å². The summed E-state index contributed by atoms with van der Waals surface area (Å²) in [5.41, 5.74) is 0. The second-order valence-electron chi connectivity index (χ2n) is 5.08. The quantitative estimate of drug-likeness (QED) is 0.277. The van der Waals surface area contributed by atoms with Gasteiger partial charge in [-0.15, -0.1) is 47.0 Å². The van der Waals surface area contributed by atoms with Crippen LogP contribution >= 0.6 is 141 Å². The Morgan fingerprint density at radius 3 is 0.692 bits per heavy atom. The van der Waals surface area contributed by atoms with Crippen molar-refractivity contribution in [2.45, 2.75) is 0 Å². The molecule has 0 aromatic heterocycles. The van der Waals surface area contributed by atoms with Gasteiger partial charge in [-0.25, -0.2) is 0 Å². The van der Waals surface area contributed by atoms with E-state index in [0.717, 1.165) is 0 Å². The van der Waals surface area contributed by atoms with Crippen LogP contribution in [0.3, 0.4) is 0 Å². The largest absolute Gasteiger partial charge is 0.116 e. The molecular formula is C14H8S12. The highest BCUT2D eigenvalue weighted by atomic mass is 32.3. The van der Waals surface area contributed by atoms with Crippen LogP contribution in [0.15, 0.2) is 42.4 Å². The van der Waals surface area contributed by atoms with Crippen molar-refractivity contribution in [2.75, 3.05) is 23.0 Å². The Morgan fingerprint density at radius 2 is 0.462 bits per heavy atom. The second-order valence-corrected chi connectivity index (χ2v) is 20.3. The van der Waals surface area contributed by atoms with E-state index in [1.165, 1.54) is 48.4 Å². The van der Waals surface area contributed by atoms with Gasteiger partial charge in [-0.3, -0.25) is 0 Å². The monoisotopic (exact) mass is 560 g/mol. The normalized spacial score (nSPS) is 28.6. The molecule has 0 radical (unpaired) electrons. The molecule has 136 valence electrons. The molecule has 6 heterocycles. The van der Waals surface area contributed by atoms with Gasteiger partial charge in [-0.2, -0.15) is 0 Å². The molecule has 0 aromatic carbocycles. The van der Waals surface area contributed by atoms with Crippen LogP contribution in [0.2, 0.25) is 0 Å². The standard InChI is InChI=1S/C14H8S12/c1-2-16-6-5(15-1)19-9(20-6)11-23-13-14(24-11)26-12(25-13)10-21-7-8(22-10)18-4-3-17-7/h1-4H2. The van der Waals surface area contributed by atoms with Gasteiger partial charge in [0.2, 0.25) is 0 Å². The lowest BCUT2D eigenvalue weighted by molar-refractivity contribution is 1.56. The van der Waals surface area contributed by atoms with Crippen molar-refractivity contribution < 1.29 is 0 Å². The summed E-state index contributed by atoms with van der Waals surface area (Å²) >= 11 is 24.3. The molecule has 6 aliphatic rings. The van der Waals surface area contributed by atoms with Gasteiger partial charge < -0.3 is 0 Å². The minimum absolute atomic E-state index is 1.27. The molecule has 0 spiro atoms. The first-order chi connectivity index (χ1) is 12.8. The third-order valence-corrected chi connectivity index (χ3v) is 21.7. The highest BCUT2D eigenvalue weighted by Gasteiger charge is 2.37. The highest BCUT2D eigenvalue weighted by Crippen LogP contribution is 2.73. The van der Waals surface area contributed by atoms with Crippen molar-refractivity contribution in [1.29, 1.82) is 0 Å². The molecule has 0 unspecified atom stereocenters. The van der Waals surface area contributed by atoms with Crippen LogP contribution in [0.5, 0.6) is 0 Å². The maximum absolute atomic E-state index is 2.05. The summed E-state index contributed by atoms with van der Waals surface area (Å²) in [4.78, 5) is 0. The molecule has 12 heteroatoms. The van der Waals surface area contributed by atoms with E-state index in [-0.39, 0.29) is 0 Å². The van der Waals surface area contributed by atoms with Crippen molar-refractivity contribution in [2.24, 2.45) is 0 Å². The fourth-order valence-corrected chi connectivity index (χ4v) is 21.2. The van der Waals surface area contributed by atoms with E-state index in [0.29, 0.717) is 0 Å². The Morgan fingerprint density at radius 1 is 0.269 bits per heavy atom. The molecule has 26 heavy (non-hydrogen) atoms. The van der Waals surface area contributed by atoms with Crippen LogP contribution in [0.4, 0.5) is 0 Å². The van der Waals surface area contributed by atoms with Gasteiger partial charge in [0, 0.05) is 23.0 Å². The van der Waals surface area contributed by atoms with Gasteiger partial charge in [0.05, 0.1) is 42.4 Å². The summed E-state index contributed by atoms with van der Waals surface area (Å²) in [6.45, 7) is 0. The lowest BCUT2D eigenvalue weighted by Gasteiger charge is -2.08. The van der Waals surface area contributed by atoms with Gasteiger partial charge in [-0.05, 0) is 0 Å². The van der Waals surface area contributed by atoms with Gasteiger partial charge in [0.25, 0.3) is 0 Å². The Balaban J connectivity index is 1.15. The fraction of sp³-hybridized carbons (Fsp3) is 0.286. The predicted molar refractivity (Wildman–Crippen MR) is 146 cm³/mol. The molecule has 0 saturated carbocycles. The Labute approximate surface area is 203 Å². The van der Waals surface area contributed by atoms with E-state index >= 15 is 0 Å². The first-order valence-corrected chi connectivity index (χ1v) is 18.0. The van der Waals surface area contributed by atoms with Crippen LogP contribution in [0.25, 0.3) is 0 Å². The zero-order chi connectivity index (χ0) is 17.1. The maximum Gasteiger partial charge on any atom is 0.0718 e. The number of hydrogen-bond acceptors (Lipinski definition) is 12. The van der Waals surface area contributed by atoms with Crippen molar-refractivity contribution in [3.8, 4) is 0 Å². The molecule has 0 aromatic rings. The predicted octanol–water partition coefficient (Wildman–Crippen LogP) is 9.50. The van der Waals surface area contributed by atoms with Crippen molar-refractivity contribution in [1.82, 2.24) is 0 Å². The smallest absolute Gasteiger partial charge is 0.0718 e. The summed E-state index contributed by atoms with van der Waals surface area (Å²) in [7, 11) is 0. The van der Waals surface area contributed by atoms with Gasteiger partial charge in [0.1, 0.15) is 0 Å². The molecular weight excluding hydrogens is 553 g/mol. The summed E-state index contributed by atoms with van der Waals surface area (Å²) in [6.07, 6.45) is 0. The minimum atomic E-state index is 1.27. The van der Waals surface area contributed by atoms with E-state index in [1.807, 2.05) is 141 Å². The molecule has 0 aliphatic carbocycles. The molecule has 6 aliphatic heterocycles. The van der Waals surface area contributed by atoms with E-state index in [9.17, 15) is 0 Å². The second kappa shape index (κ2) is 8.44. The van der Waals surface area contributed by atoms with E-state index in [2.05, 4.69) is 0 Å². The zero-order valence-electron chi connectivity index (χ0n) is 12.7. The van der Waals surface area contributed by atoms with Crippen LogP contribution in [0.1, 0.15) is 0 Å². The van der Waals surface area contributed by atoms with Crippen LogP contribution in [-0.2, 0) is 0 Å². The minimum Gasteiger partial charge on any atom is -0.116 e. The fourth-order valence-electron chi connectivity index (χ4n) is 2.36. The molecule has 0 bridgehead atoms. The molecule has 0 fully saturated rings. The lowest BCUT2D eigenvalue weighted by Crippen LogP contribution is -1.88. The highest BCUT2D eigenvalue weighted by molar-refractivity contribution is 8.51. The lowest BCUT2D eigenvalue weighted by atomic mass is 11.0. The maximum atomic E-state index is 2.05. The molecule has 0 nitrogen and oxygen atoms in total. The Bertz CT molecular complexity index is 729. The average molecular weight is 561 g/mol. The molecule has 6 rings (SSSR count). The third kappa shape index (κ3) is 3.80. The van der Waals surface area contributed by atoms with Crippen LogP contribution in [0, 0.1) is 0 Å². The first-order valence-electron chi connectivity index (χ1n) is 7.49. The van der Waals surface area contributed by atoms with Gasteiger partial charge in [0.15, 0.2) is 0 Å². The summed E-state index contributed by atoms with van der Waals surface area (Å²) in [5.74, 6) is 5.06. The zero-order valence-corrected chi connectivity index (χ0v) is 22.5. The van der Waals surface area contributed by atoms with E-state index in [1.54, 1.807) is 16.9 Å². The number of rotatable bonds is 0. The molecule has 0 atom stereocenters. The SMILES string of the molecule is C1CSC2=C(S1)SC(=C1SC3=C(S1)SC(=C1SC4=C(SCCS4)S1)S3)S2. The Kier molecular flexibility index (Phi) is 6.36. The molecule has 0 N–H and O–H groups in total. The third-order valence-electron chi connectivity index (χ3n) is 3.42. The van der Waals surface area contributed by atoms with Crippen LogP contribution in [-0.4, -0.2) is 23.0 Å². The van der Waals surface area contributed by atoms with E-state index in [4.69, 9.17) is 0 Å². The summed E-state index contributed by atoms with van der Waals surface area (Å²) < 4.78 is 15.3. The van der Waals surface area contributed by atoms with Gasteiger partial charge in [-0.1, -0.05) is 94.1 Å². The number of hydrogen-bond donors (Lipinski definition) is 0. The summed E-state index contributed by atoms with van der Waals surface area (Å²) in [6, 6.07) is 0. The topological polar surface area (TPSA) is 0 Å². The van der Waals surface area contributed by atoms with Crippen molar-refractivity contribution in [3.05, 3.63) is 42.4 Å². The summed E-state index contributed by atoms with van der Waals surface area (Å²) in [5, 5.41) is 0. The van der Waals surface area contributed by atoms with Gasteiger partial charge >= 0.3 is 0 Å². The number of thioether (sulfide) groups is 12. The average Bonchev–Trinajstić information content (AvgIpc) is 3.40. The first kappa shape index (κ1) is 19.6. The Hall–Kier alpha value is 2.90. The van der Waals surface area contributed by atoms with E-state index < -0.39 is 0 Å². The van der Waals surface area contributed by atoms with Crippen molar-refractivity contribution >= 4 is 141 Å².